The third-order valence-electron chi connectivity index (χ3n) is 0.372. The Kier molecular flexibility index (Phi) is 19.6. The van der Waals surface area contributed by atoms with Crippen molar-refractivity contribution in [2.75, 3.05) is 20.3 Å². The van der Waals surface area contributed by atoms with Crippen molar-refractivity contribution in [3.8, 4) is 0 Å². The van der Waals surface area contributed by atoms with Gasteiger partial charge in [-0.1, -0.05) is 6.08 Å². The third-order valence-corrected chi connectivity index (χ3v) is 0.372. The quantitative estimate of drug-likeness (QED) is 0.528. The summed E-state index contributed by atoms with van der Waals surface area (Å²) in [6.45, 7) is 1.66. The molecule has 0 aliphatic carbocycles. The lowest BCUT2D eigenvalue weighted by Crippen LogP contribution is -1.85. The Balaban J connectivity index is 0. The van der Waals surface area contributed by atoms with Gasteiger partial charge < -0.3 is 14.9 Å². The molecular weight excluding hydrogens is 120 g/mol. The predicted octanol–water partition coefficient (Wildman–Crippen LogP) is 0.137. The van der Waals surface area contributed by atoms with E-state index in [0.717, 1.165) is 0 Å². The second-order valence-electron chi connectivity index (χ2n) is 1.15. The number of aliphatic hydroxyl groups excluding tert-OH is 2. The van der Waals surface area contributed by atoms with E-state index in [4.69, 9.17) is 10.2 Å². The molecule has 0 unspecified atom stereocenters. The first kappa shape index (κ1) is 11.3. The van der Waals surface area contributed by atoms with Crippen molar-refractivity contribution in [3.05, 3.63) is 12.3 Å². The van der Waals surface area contributed by atoms with Crippen LogP contribution in [0.5, 0.6) is 0 Å². The van der Waals surface area contributed by atoms with E-state index in [1.54, 1.807) is 13.4 Å². The number of allylic oxidation sites excluding steroid dienone is 1. The summed E-state index contributed by atoms with van der Waals surface area (Å²) in [5.41, 5.74) is 0. The van der Waals surface area contributed by atoms with Crippen molar-refractivity contribution in [2.24, 2.45) is 0 Å². The molecule has 0 atom stereocenters. The van der Waals surface area contributed by atoms with Crippen LogP contribution in [0.15, 0.2) is 12.3 Å². The summed E-state index contributed by atoms with van der Waals surface area (Å²) in [5, 5.41) is 15.2. The molecule has 9 heavy (non-hydrogen) atoms. The normalized spacial score (nSPS) is 8.44. The van der Waals surface area contributed by atoms with Gasteiger partial charge in [0.2, 0.25) is 0 Å². The molecule has 56 valence electrons. The van der Waals surface area contributed by atoms with Crippen molar-refractivity contribution in [1.82, 2.24) is 0 Å². The number of rotatable bonds is 2. The number of hydrogen-bond donors (Lipinski definition) is 2. The zero-order valence-electron chi connectivity index (χ0n) is 5.87. The van der Waals surface area contributed by atoms with E-state index in [1.807, 2.05) is 13.0 Å². The number of aliphatic hydroxyl groups is 2. The Hall–Kier alpha value is -0.540. The highest BCUT2D eigenvalue weighted by molar-refractivity contribution is 4.63. The van der Waals surface area contributed by atoms with E-state index in [1.165, 1.54) is 0 Å². The van der Waals surface area contributed by atoms with Gasteiger partial charge >= 0.3 is 0 Å². The molecule has 3 nitrogen and oxygen atoms in total. The van der Waals surface area contributed by atoms with Crippen LogP contribution >= 0.6 is 0 Å². The summed E-state index contributed by atoms with van der Waals surface area (Å²) in [6.07, 6.45) is 3.46. The predicted molar refractivity (Wildman–Crippen MR) is 36.0 cm³/mol. The van der Waals surface area contributed by atoms with Gasteiger partial charge in [0.1, 0.15) is 0 Å². The Morgan fingerprint density at radius 3 is 1.78 bits per heavy atom. The molecule has 0 aromatic rings. The maximum atomic E-state index is 7.62. The second-order valence-corrected chi connectivity index (χ2v) is 1.15. The van der Waals surface area contributed by atoms with Crippen LogP contribution < -0.4 is 0 Å². The van der Waals surface area contributed by atoms with Crippen LogP contribution in [-0.2, 0) is 4.74 Å². The number of methoxy groups -OCH3 is 1. The molecule has 0 spiro atoms. The molecule has 2 N–H and O–H groups in total. The standard InChI is InChI=1S/C4H8O.C2H6O2/c1-3-4-5-2;3-1-2-4/h3-4H,1-2H3;3-4H,1-2H2/b4-3-;. The highest BCUT2D eigenvalue weighted by atomic mass is 16.5. The molecule has 3 heteroatoms. The van der Waals surface area contributed by atoms with Crippen LogP contribution in [0.3, 0.4) is 0 Å². The lowest BCUT2D eigenvalue weighted by atomic mass is 10.7. The third kappa shape index (κ3) is 36.7. The summed E-state index contributed by atoms with van der Waals surface area (Å²) in [6, 6.07) is 0. The molecule has 0 amide bonds. The van der Waals surface area contributed by atoms with Gasteiger partial charge in [-0.05, 0) is 6.92 Å². The van der Waals surface area contributed by atoms with Crippen LogP contribution in [0.1, 0.15) is 6.92 Å². The summed E-state index contributed by atoms with van der Waals surface area (Å²) in [5.74, 6) is 0. The first-order valence-electron chi connectivity index (χ1n) is 2.69. The first-order valence-corrected chi connectivity index (χ1v) is 2.69. The molecule has 0 radical (unpaired) electrons. The smallest absolute Gasteiger partial charge is 0.0781 e. The van der Waals surface area contributed by atoms with Gasteiger partial charge in [0.25, 0.3) is 0 Å². The Morgan fingerprint density at radius 2 is 1.78 bits per heavy atom. The van der Waals surface area contributed by atoms with Crippen molar-refractivity contribution in [3.63, 3.8) is 0 Å². The second kappa shape index (κ2) is 15.7. The zero-order chi connectivity index (χ0) is 7.54. The Morgan fingerprint density at radius 1 is 1.33 bits per heavy atom. The van der Waals surface area contributed by atoms with E-state index in [0.29, 0.717) is 0 Å². The SMILES string of the molecule is C/C=C\OC.OCCO. The Bertz CT molecular complexity index is 50.3. The highest BCUT2D eigenvalue weighted by Crippen LogP contribution is 1.64. The fourth-order valence-corrected chi connectivity index (χ4v) is 0.136. The van der Waals surface area contributed by atoms with Gasteiger partial charge in [-0.25, -0.2) is 0 Å². The fraction of sp³-hybridized carbons (Fsp3) is 0.667. The van der Waals surface area contributed by atoms with Gasteiger partial charge in [0.05, 0.1) is 26.6 Å². The largest absolute Gasteiger partial charge is 0.505 e. The number of ether oxygens (including phenoxy) is 1. The van der Waals surface area contributed by atoms with E-state index in [9.17, 15) is 0 Å². The molecule has 0 rings (SSSR count). The van der Waals surface area contributed by atoms with Gasteiger partial charge in [0, 0.05) is 0 Å². The lowest BCUT2D eigenvalue weighted by molar-refractivity contribution is 0.186. The Labute approximate surface area is 55.6 Å². The maximum absolute atomic E-state index is 7.62. The molecule has 0 aromatic carbocycles. The van der Waals surface area contributed by atoms with Crippen LogP contribution in [0, 0.1) is 0 Å². The van der Waals surface area contributed by atoms with Gasteiger partial charge in [0.15, 0.2) is 0 Å². The average molecular weight is 134 g/mol. The molecule has 0 heterocycles. The van der Waals surface area contributed by atoms with Crippen LogP contribution in [-0.4, -0.2) is 30.5 Å². The summed E-state index contributed by atoms with van der Waals surface area (Å²) >= 11 is 0. The number of hydrogen-bond acceptors (Lipinski definition) is 3. The fourth-order valence-electron chi connectivity index (χ4n) is 0.136. The van der Waals surface area contributed by atoms with Crippen LogP contribution in [0.25, 0.3) is 0 Å². The lowest BCUT2D eigenvalue weighted by Gasteiger charge is -1.76. The molecule has 0 fully saturated rings. The molecule has 0 saturated carbocycles. The van der Waals surface area contributed by atoms with Crippen molar-refractivity contribution in [1.29, 1.82) is 0 Å². The highest BCUT2D eigenvalue weighted by Gasteiger charge is 1.58. The average Bonchev–Trinajstić information content (AvgIpc) is 1.91. The molecule has 0 aliphatic rings. The van der Waals surface area contributed by atoms with Crippen molar-refractivity contribution in [2.45, 2.75) is 6.92 Å². The van der Waals surface area contributed by atoms with E-state index in [2.05, 4.69) is 4.74 Å². The monoisotopic (exact) mass is 134 g/mol. The zero-order valence-corrected chi connectivity index (χ0v) is 5.87. The summed E-state index contributed by atoms with van der Waals surface area (Å²) < 4.78 is 4.51. The van der Waals surface area contributed by atoms with Crippen molar-refractivity contribution >= 4 is 0 Å². The molecule has 0 aromatic heterocycles. The van der Waals surface area contributed by atoms with Gasteiger partial charge in [-0.15, -0.1) is 0 Å². The van der Waals surface area contributed by atoms with Gasteiger partial charge in [-0.3, -0.25) is 0 Å². The minimum atomic E-state index is -0.125. The van der Waals surface area contributed by atoms with Crippen LogP contribution in [0.2, 0.25) is 0 Å². The van der Waals surface area contributed by atoms with Gasteiger partial charge in [-0.2, -0.15) is 0 Å². The minimum Gasteiger partial charge on any atom is -0.505 e. The first-order chi connectivity index (χ1) is 4.33. The molecule has 0 aliphatic heterocycles. The molecule has 0 bridgehead atoms. The maximum Gasteiger partial charge on any atom is 0.0781 e. The summed E-state index contributed by atoms with van der Waals surface area (Å²) in [4.78, 5) is 0. The van der Waals surface area contributed by atoms with Crippen LogP contribution in [0.4, 0.5) is 0 Å². The topological polar surface area (TPSA) is 49.7 Å². The van der Waals surface area contributed by atoms with E-state index >= 15 is 0 Å². The van der Waals surface area contributed by atoms with E-state index in [-0.39, 0.29) is 13.2 Å². The summed E-state index contributed by atoms with van der Waals surface area (Å²) in [7, 11) is 1.62. The van der Waals surface area contributed by atoms with Crippen molar-refractivity contribution < 1.29 is 14.9 Å². The molecular formula is C6H14O3. The van der Waals surface area contributed by atoms with E-state index < -0.39 is 0 Å². The minimum absolute atomic E-state index is 0.125. The molecule has 0 saturated heterocycles.